The summed E-state index contributed by atoms with van der Waals surface area (Å²) in [5, 5.41) is 3.69. The third-order valence-corrected chi connectivity index (χ3v) is 3.48. The minimum Gasteiger partial charge on any atom is -0.313 e. The van der Waals surface area contributed by atoms with E-state index in [2.05, 4.69) is 10.3 Å². The Labute approximate surface area is 117 Å². The molecule has 100 valence electrons. The van der Waals surface area contributed by atoms with Crippen LogP contribution in [0.4, 0.5) is 4.39 Å². The molecule has 0 aliphatic rings. The molecule has 0 amide bonds. The lowest BCUT2D eigenvalue weighted by atomic mass is 10.00. The monoisotopic (exact) mass is 278 g/mol. The summed E-state index contributed by atoms with van der Waals surface area (Å²) in [6.07, 6.45) is 2.55. The zero-order valence-corrected chi connectivity index (χ0v) is 11.7. The highest BCUT2D eigenvalue weighted by Crippen LogP contribution is 2.24. The van der Waals surface area contributed by atoms with Gasteiger partial charge in [0.2, 0.25) is 0 Å². The van der Waals surface area contributed by atoms with Gasteiger partial charge in [0, 0.05) is 23.0 Å². The van der Waals surface area contributed by atoms with E-state index >= 15 is 0 Å². The Morgan fingerprint density at radius 3 is 2.68 bits per heavy atom. The van der Waals surface area contributed by atoms with Gasteiger partial charge in [-0.2, -0.15) is 0 Å². The van der Waals surface area contributed by atoms with Crippen molar-refractivity contribution in [2.75, 3.05) is 7.05 Å². The van der Waals surface area contributed by atoms with Crippen molar-refractivity contribution in [1.29, 1.82) is 0 Å². The van der Waals surface area contributed by atoms with E-state index in [1.54, 1.807) is 6.07 Å². The maximum absolute atomic E-state index is 13.0. The quantitative estimate of drug-likeness (QED) is 0.923. The molecule has 0 bridgehead atoms. The average molecular weight is 279 g/mol. The van der Waals surface area contributed by atoms with Crippen LogP contribution in [0.3, 0.4) is 0 Å². The van der Waals surface area contributed by atoms with Crippen molar-refractivity contribution < 1.29 is 4.39 Å². The fourth-order valence-electron chi connectivity index (χ4n) is 1.98. The van der Waals surface area contributed by atoms with Gasteiger partial charge < -0.3 is 5.32 Å². The van der Waals surface area contributed by atoms with E-state index in [1.807, 2.05) is 32.3 Å². The van der Waals surface area contributed by atoms with Gasteiger partial charge in [-0.1, -0.05) is 23.7 Å². The summed E-state index contributed by atoms with van der Waals surface area (Å²) in [5.41, 5.74) is 3.00. The van der Waals surface area contributed by atoms with Crippen LogP contribution in [0.1, 0.15) is 22.9 Å². The molecule has 1 unspecified atom stereocenters. The van der Waals surface area contributed by atoms with E-state index in [0.29, 0.717) is 11.4 Å². The number of aryl methyl sites for hydroxylation is 1. The van der Waals surface area contributed by atoms with E-state index < -0.39 is 0 Å². The molecule has 1 heterocycles. The molecule has 0 radical (unpaired) electrons. The fraction of sp³-hybridized carbons (Fsp3) is 0.267. The van der Waals surface area contributed by atoms with Crippen molar-refractivity contribution in [2.24, 2.45) is 0 Å². The Morgan fingerprint density at radius 1 is 1.32 bits per heavy atom. The molecule has 0 fully saturated rings. The Balaban J connectivity index is 2.21. The highest BCUT2D eigenvalue weighted by Gasteiger charge is 2.12. The second kappa shape index (κ2) is 6.13. The number of rotatable bonds is 4. The van der Waals surface area contributed by atoms with Crippen LogP contribution in [0, 0.1) is 12.7 Å². The first kappa shape index (κ1) is 14.0. The number of benzene rings is 1. The van der Waals surface area contributed by atoms with E-state index in [1.165, 1.54) is 12.1 Å². The SMILES string of the molecule is CNC(Cc1ccc(F)cc1Cl)c1ccc(C)nc1. The summed E-state index contributed by atoms with van der Waals surface area (Å²) in [7, 11) is 1.89. The summed E-state index contributed by atoms with van der Waals surface area (Å²) in [6, 6.07) is 8.63. The number of halogens is 2. The van der Waals surface area contributed by atoms with E-state index in [4.69, 9.17) is 11.6 Å². The van der Waals surface area contributed by atoms with Gasteiger partial charge in [-0.15, -0.1) is 0 Å². The zero-order valence-electron chi connectivity index (χ0n) is 11.0. The van der Waals surface area contributed by atoms with Crippen LogP contribution in [0.15, 0.2) is 36.5 Å². The molecule has 1 N–H and O–H groups in total. The van der Waals surface area contributed by atoms with Crippen molar-refractivity contribution in [3.05, 3.63) is 64.2 Å². The maximum atomic E-state index is 13.0. The Bertz CT molecular complexity index is 555. The molecule has 1 atom stereocenters. The lowest BCUT2D eigenvalue weighted by molar-refractivity contribution is 0.587. The molecule has 0 spiro atoms. The third-order valence-electron chi connectivity index (χ3n) is 3.12. The van der Waals surface area contributed by atoms with Gasteiger partial charge in [0.05, 0.1) is 0 Å². The summed E-state index contributed by atoms with van der Waals surface area (Å²) >= 11 is 6.06. The number of hydrogen-bond donors (Lipinski definition) is 1. The molecule has 2 aromatic rings. The minimum absolute atomic E-state index is 0.107. The lowest BCUT2D eigenvalue weighted by Gasteiger charge is -2.17. The van der Waals surface area contributed by atoms with E-state index in [9.17, 15) is 4.39 Å². The van der Waals surface area contributed by atoms with Gasteiger partial charge >= 0.3 is 0 Å². The number of likely N-dealkylation sites (N-methyl/N-ethyl adjacent to an activating group) is 1. The molecule has 1 aromatic heterocycles. The standard InChI is InChI=1S/C15H16ClFN2/c1-10-3-4-12(9-19-10)15(18-2)7-11-5-6-13(17)8-14(11)16/h3-6,8-9,15,18H,7H2,1-2H3. The van der Waals surface area contributed by atoms with Gasteiger partial charge in [0.1, 0.15) is 5.82 Å². The molecule has 1 aromatic carbocycles. The van der Waals surface area contributed by atoms with Crippen LogP contribution in [-0.4, -0.2) is 12.0 Å². The molecule has 0 aliphatic heterocycles. The predicted octanol–water partition coefficient (Wildman–Crippen LogP) is 3.69. The Kier molecular flexibility index (Phi) is 4.51. The topological polar surface area (TPSA) is 24.9 Å². The molecule has 0 saturated heterocycles. The second-order valence-electron chi connectivity index (χ2n) is 4.51. The third kappa shape index (κ3) is 3.52. The predicted molar refractivity (Wildman–Crippen MR) is 75.9 cm³/mol. The minimum atomic E-state index is -0.313. The van der Waals surface area contributed by atoms with Crippen molar-refractivity contribution in [3.8, 4) is 0 Å². The molecule has 2 nitrogen and oxygen atoms in total. The summed E-state index contributed by atoms with van der Waals surface area (Å²) in [5.74, 6) is -0.313. The molecule has 2 rings (SSSR count). The number of hydrogen-bond acceptors (Lipinski definition) is 2. The van der Waals surface area contributed by atoms with Gasteiger partial charge in [-0.25, -0.2) is 4.39 Å². The molecule has 0 saturated carbocycles. The molecule has 4 heteroatoms. The van der Waals surface area contributed by atoms with Crippen LogP contribution < -0.4 is 5.32 Å². The van der Waals surface area contributed by atoms with Crippen LogP contribution in [0.25, 0.3) is 0 Å². The number of aromatic nitrogens is 1. The largest absolute Gasteiger partial charge is 0.313 e. The Hall–Kier alpha value is -1.45. The summed E-state index contributed by atoms with van der Waals surface area (Å²) in [4.78, 5) is 4.29. The first-order valence-corrected chi connectivity index (χ1v) is 6.51. The first-order valence-electron chi connectivity index (χ1n) is 6.14. The highest BCUT2D eigenvalue weighted by atomic mass is 35.5. The fourth-order valence-corrected chi connectivity index (χ4v) is 2.22. The number of nitrogens with one attached hydrogen (secondary N) is 1. The molecular formula is C15H16ClFN2. The molecule has 19 heavy (non-hydrogen) atoms. The van der Waals surface area contributed by atoms with Crippen LogP contribution in [0.5, 0.6) is 0 Å². The first-order chi connectivity index (χ1) is 9.10. The van der Waals surface area contributed by atoms with Crippen LogP contribution in [-0.2, 0) is 6.42 Å². The normalized spacial score (nSPS) is 12.4. The van der Waals surface area contributed by atoms with Gasteiger partial charge in [-0.05, 0) is 49.7 Å². The average Bonchev–Trinajstić information content (AvgIpc) is 2.39. The van der Waals surface area contributed by atoms with Crippen molar-refractivity contribution >= 4 is 11.6 Å². The zero-order chi connectivity index (χ0) is 13.8. The van der Waals surface area contributed by atoms with Gasteiger partial charge in [-0.3, -0.25) is 4.98 Å². The number of pyridine rings is 1. The van der Waals surface area contributed by atoms with E-state index in [-0.39, 0.29) is 11.9 Å². The second-order valence-corrected chi connectivity index (χ2v) is 4.92. The van der Waals surface area contributed by atoms with E-state index in [0.717, 1.165) is 16.8 Å². The van der Waals surface area contributed by atoms with Crippen molar-refractivity contribution in [3.63, 3.8) is 0 Å². The molecular weight excluding hydrogens is 263 g/mol. The lowest BCUT2D eigenvalue weighted by Crippen LogP contribution is -2.19. The summed E-state index contributed by atoms with van der Waals surface area (Å²) < 4.78 is 13.0. The van der Waals surface area contributed by atoms with Crippen LogP contribution >= 0.6 is 11.6 Å². The van der Waals surface area contributed by atoms with Gasteiger partial charge in [0.25, 0.3) is 0 Å². The number of nitrogens with zero attached hydrogens (tertiary/aromatic N) is 1. The van der Waals surface area contributed by atoms with Gasteiger partial charge in [0.15, 0.2) is 0 Å². The summed E-state index contributed by atoms with van der Waals surface area (Å²) in [6.45, 7) is 1.95. The maximum Gasteiger partial charge on any atom is 0.124 e. The Morgan fingerprint density at radius 2 is 2.11 bits per heavy atom. The smallest absolute Gasteiger partial charge is 0.124 e. The highest BCUT2D eigenvalue weighted by molar-refractivity contribution is 6.31. The van der Waals surface area contributed by atoms with Crippen molar-refractivity contribution in [2.45, 2.75) is 19.4 Å². The van der Waals surface area contributed by atoms with Crippen LogP contribution in [0.2, 0.25) is 5.02 Å². The molecule has 0 aliphatic carbocycles. The van der Waals surface area contributed by atoms with Crippen molar-refractivity contribution in [1.82, 2.24) is 10.3 Å².